The van der Waals surface area contributed by atoms with Crippen molar-refractivity contribution in [3.05, 3.63) is 35.9 Å². The van der Waals surface area contributed by atoms with Crippen molar-refractivity contribution in [2.45, 2.75) is 56.9 Å². The molecule has 1 saturated heterocycles. The van der Waals surface area contributed by atoms with Gasteiger partial charge in [0, 0.05) is 19.6 Å². The summed E-state index contributed by atoms with van der Waals surface area (Å²) in [6.45, 7) is 2.31. The number of carbonyl (C=O) groups is 1. The van der Waals surface area contributed by atoms with Gasteiger partial charge in [0.25, 0.3) is 0 Å². The van der Waals surface area contributed by atoms with Gasteiger partial charge < -0.3 is 9.47 Å². The van der Waals surface area contributed by atoms with Crippen LogP contribution >= 0.6 is 0 Å². The average Bonchev–Trinajstić information content (AvgIpc) is 3.03. The maximum atomic E-state index is 12.4. The Morgan fingerprint density at radius 1 is 1.17 bits per heavy atom. The van der Waals surface area contributed by atoms with Crippen LogP contribution in [0.3, 0.4) is 0 Å². The monoisotopic (exact) mass is 317 g/mol. The van der Waals surface area contributed by atoms with Crippen LogP contribution < -0.4 is 0 Å². The zero-order valence-electron chi connectivity index (χ0n) is 13.9. The lowest BCUT2D eigenvalue weighted by molar-refractivity contribution is -0.134. The minimum Gasteiger partial charge on any atom is -0.379 e. The maximum Gasteiger partial charge on any atom is 0.152 e. The quantitative estimate of drug-likeness (QED) is 0.809. The van der Waals surface area contributed by atoms with Gasteiger partial charge in [-0.05, 0) is 37.8 Å². The van der Waals surface area contributed by atoms with E-state index in [2.05, 4.69) is 17.0 Å². The molecular weight excluding hydrogens is 290 g/mol. The second-order valence-electron chi connectivity index (χ2n) is 6.61. The molecule has 1 aliphatic heterocycles. The molecule has 4 nitrogen and oxygen atoms in total. The highest BCUT2D eigenvalue weighted by Crippen LogP contribution is 2.29. The van der Waals surface area contributed by atoms with Crippen molar-refractivity contribution in [2.24, 2.45) is 0 Å². The zero-order chi connectivity index (χ0) is 16.1. The van der Waals surface area contributed by atoms with Crippen LogP contribution in [0, 0.1) is 0 Å². The number of carbonyl (C=O) groups excluding carboxylic acids is 1. The van der Waals surface area contributed by atoms with E-state index in [4.69, 9.17) is 9.47 Å². The van der Waals surface area contributed by atoms with Crippen LogP contribution in [-0.2, 0) is 20.9 Å². The lowest BCUT2D eigenvalue weighted by atomic mass is 9.89. The van der Waals surface area contributed by atoms with Crippen LogP contribution in [-0.4, -0.2) is 49.1 Å². The summed E-state index contributed by atoms with van der Waals surface area (Å²) in [6, 6.07) is 10.5. The molecule has 0 N–H and O–H groups in total. The van der Waals surface area contributed by atoms with E-state index >= 15 is 0 Å². The number of rotatable bonds is 6. The molecule has 23 heavy (non-hydrogen) atoms. The van der Waals surface area contributed by atoms with Crippen molar-refractivity contribution in [3.8, 4) is 0 Å². The molecule has 0 spiro atoms. The summed E-state index contributed by atoms with van der Waals surface area (Å²) < 4.78 is 11.5. The third kappa shape index (κ3) is 4.00. The topological polar surface area (TPSA) is 38.8 Å². The fraction of sp³-hybridized carbons (Fsp3) is 0.632. The Balaban J connectivity index is 1.57. The van der Waals surface area contributed by atoms with Gasteiger partial charge in [0.05, 0.1) is 25.4 Å². The first-order valence-electron chi connectivity index (χ1n) is 8.72. The fourth-order valence-electron chi connectivity index (χ4n) is 3.93. The summed E-state index contributed by atoms with van der Waals surface area (Å²) in [4.78, 5) is 14.8. The highest BCUT2D eigenvalue weighted by atomic mass is 16.5. The molecule has 3 atom stereocenters. The standard InChI is InChI=1S/C19H27NO3/c1-22-18-11-5-10-17(21)19(18)20-12-6-9-16(20)14-23-13-15-7-3-2-4-8-15/h2-4,7-8,16,18-19H,5-6,9-14H2,1H3/t16-,18?,19?/m0/s1. The number of hydrogen-bond acceptors (Lipinski definition) is 4. The minimum absolute atomic E-state index is 0.0472. The van der Waals surface area contributed by atoms with Crippen LogP contribution in [0.25, 0.3) is 0 Å². The first-order valence-corrected chi connectivity index (χ1v) is 8.72. The van der Waals surface area contributed by atoms with E-state index in [9.17, 15) is 4.79 Å². The van der Waals surface area contributed by atoms with E-state index in [1.54, 1.807) is 7.11 Å². The summed E-state index contributed by atoms with van der Waals surface area (Å²) in [5, 5.41) is 0. The van der Waals surface area contributed by atoms with Crippen LogP contribution in [0.5, 0.6) is 0 Å². The summed E-state index contributed by atoms with van der Waals surface area (Å²) >= 11 is 0. The fourth-order valence-corrected chi connectivity index (χ4v) is 3.93. The van der Waals surface area contributed by atoms with Crippen LogP contribution in [0.4, 0.5) is 0 Å². The molecule has 0 radical (unpaired) electrons. The molecule has 126 valence electrons. The predicted octanol–water partition coefficient (Wildman–Crippen LogP) is 2.80. The van der Waals surface area contributed by atoms with E-state index in [0.29, 0.717) is 31.5 Å². The van der Waals surface area contributed by atoms with E-state index in [0.717, 1.165) is 32.2 Å². The van der Waals surface area contributed by atoms with Crippen molar-refractivity contribution in [1.82, 2.24) is 4.90 Å². The number of Topliss-reactive ketones (excluding diaryl/α,β-unsaturated/α-hetero) is 1. The Morgan fingerprint density at radius 2 is 2.00 bits per heavy atom. The Bertz CT molecular complexity index is 505. The van der Waals surface area contributed by atoms with Crippen LogP contribution in [0.2, 0.25) is 0 Å². The molecular formula is C19H27NO3. The number of benzene rings is 1. The van der Waals surface area contributed by atoms with Gasteiger partial charge >= 0.3 is 0 Å². The van der Waals surface area contributed by atoms with Crippen LogP contribution in [0.1, 0.15) is 37.7 Å². The molecule has 2 fully saturated rings. The zero-order valence-corrected chi connectivity index (χ0v) is 13.9. The SMILES string of the molecule is COC1CCCC(=O)C1N1CCC[C@H]1COCc1ccccc1. The molecule has 2 aliphatic rings. The summed E-state index contributed by atoms with van der Waals surface area (Å²) in [7, 11) is 1.73. The van der Waals surface area contributed by atoms with Crippen molar-refractivity contribution >= 4 is 5.78 Å². The normalized spacial score (nSPS) is 29.1. The van der Waals surface area contributed by atoms with Gasteiger partial charge in [0.1, 0.15) is 0 Å². The average molecular weight is 317 g/mol. The highest BCUT2D eigenvalue weighted by molar-refractivity contribution is 5.85. The van der Waals surface area contributed by atoms with E-state index in [1.807, 2.05) is 18.2 Å². The third-order valence-corrected chi connectivity index (χ3v) is 5.10. The molecule has 1 aromatic rings. The Kier molecular flexibility index (Phi) is 5.81. The summed E-state index contributed by atoms with van der Waals surface area (Å²) in [5.41, 5.74) is 1.19. The molecule has 1 aromatic carbocycles. The van der Waals surface area contributed by atoms with Crippen molar-refractivity contribution in [1.29, 1.82) is 0 Å². The lowest BCUT2D eigenvalue weighted by Gasteiger charge is -2.38. The number of methoxy groups -OCH3 is 1. The number of nitrogens with zero attached hydrogens (tertiary/aromatic N) is 1. The highest BCUT2D eigenvalue weighted by Gasteiger charge is 2.41. The first-order chi connectivity index (χ1) is 11.3. The van der Waals surface area contributed by atoms with Gasteiger partial charge in [0.15, 0.2) is 5.78 Å². The Labute approximate surface area is 138 Å². The number of hydrogen-bond donors (Lipinski definition) is 0. The summed E-state index contributed by atoms with van der Waals surface area (Å²) in [6.07, 6.45) is 4.93. The second-order valence-corrected chi connectivity index (χ2v) is 6.61. The second kappa shape index (κ2) is 8.04. The lowest BCUT2D eigenvalue weighted by Crippen LogP contribution is -2.54. The molecule has 4 heteroatoms. The van der Waals surface area contributed by atoms with Crippen molar-refractivity contribution in [3.63, 3.8) is 0 Å². The van der Waals surface area contributed by atoms with Gasteiger partial charge in [-0.2, -0.15) is 0 Å². The molecule has 2 unspecified atom stereocenters. The molecule has 1 aliphatic carbocycles. The van der Waals surface area contributed by atoms with Gasteiger partial charge in [-0.1, -0.05) is 30.3 Å². The van der Waals surface area contributed by atoms with Gasteiger partial charge in [-0.15, -0.1) is 0 Å². The van der Waals surface area contributed by atoms with E-state index in [-0.39, 0.29) is 12.1 Å². The van der Waals surface area contributed by atoms with Gasteiger partial charge in [-0.25, -0.2) is 0 Å². The van der Waals surface area contributed by atoms with Crippen LogP contribution in [0.15, 0.2) is 30.3 Å². The van der Waals surface area contributed by atoms with Gasteiger partial charge in [0.2, 0.25) is 0 Å². The first kappa shape index (κ1) is 16.6. The molecule has 0 aromatic heterocycles. The van der Waals surface area contributed by atoms with Crippen molar-refractivity contribution < 1.29 is 14.3 Å². The van der Waals surface area contributed by atoms with Crippen molar-refractivity contribution in [2.75, 3.05) is 20.3 Å². The Morgan fingerprint density at radius 3 is 2.78 bits per heavy atom. The molecule has 3 rings (SSSR count). The molecule has 0 bridgehead atoms. The van der Waals surface area contributed by atoms with Gasteiger partial charge in [-0.3, -0.25) is 9.69 Å². The molecule has 0 amide bonds. The minimum atomic E-state index is -0.0680. The third-order valence-electron chi connectivity index (χ3n) is 5.10. The molecule has 1 saturated carbocycles. The number of likely N-dealkylation sites (tertiary alicyclic amines) is 1. The van der Waals surface area contributed by atoms with E-state index in [1.165, 1.54) is 5.56 Å². The number of ketones is 1. The number of ether oxygens (including phenoxy) is 2. The predicted molar refractivity (Wildman–Crippen MR) is 89.3 cm³/mol. The summed E-state index contributed by atoms with van der Waals surface area (Å²) in [5.74, 6) is 0.345. The van der Waals surface area contributed by atoms with E-state index < -0.39 is 0 Å². The Hall–Kier alpha value is -1.23. The largest absolute Gasteiger partial charge is 0.379 e. The maximum absolute atomic E-state index is 12.4. The molecule has 1 heterocycles. The smallest absolute Gasteiger partial charge is 0.152 e.